The average Bonchev–Trinajstić information content (AvgIpc) is 2.80. The second-order valence-electron chi connectivity index (χ2n) is 9.31. The number of morpholine rings is 1. The molecule has 34 heavy (non-hydrogen) atoms. The zero-order valence-electron chi connectivity index (χ0n) is 19.5. The molecule has 0 N–H and O–H groups in total. The number of halogens is 3. The summed E-state index contributed by atoms with van der Waals surface area (Å²) in [6.45, 7) is 7.03. The number of ether oxygens (including phenoxy) is 2. The van der Waals surface area contributed by atoms with Crippen LogP contribution in [0, 0.1) is 11.8 Å². The summed E-state index contributed by atoms with van der Waals surface area (Å²) in [4.78, 5) is 21.6. The summed E-state index contributed by atoms with van der Waals surface area (Å²) in [7, 11) is 1.57. The van der Waals surface area contributed by atoms with Crippen LogP contribution in [-0.4, -0.2) is 68.2 Å². The fourth-order valence-electron chi connectivity index (χ4n) is 4.85. The molecule has 2 atom stereocenters. The van der Waals surface area contributed by atoms with Gasteiger partial charge in [0.25, 0.3) is 0 Å². The molecule has 0 aromatic heterocycles. The molecule has 1 saturated carbocycles. The molecule has 0 bridgehead atoms. The van der Waals surface area contributed by atoms with Gasteiger partial charge in [0.2, 0.25) is 0 Å². The van der Waals surface area contributed by atoms with Crippen LogP contribution in [0.5, 0.6) is 0 Å². The molecule has 2 saturated heterocycles. The molecule has 2 aliphatic heterocycles. The van der Waals surface area contributed by atoms with Gasteiger partial charge in [0, 0.05) is 43.7 Å². The van der Waals surface area contributed by atoms with Crippen molar-refractivity contribution in [2.24, 2.45) is 16.8 Å². The normalized spacial score (nSPS) is 24.5. The summed E-state index contributed by atoms with van der Waals surface area (Å²) < 4.78 is 50.2. The minimum atomic E-state index is -4.39. The lowest BCUT2D eigenvalue weighted by atomic mass is 9.82. The summed E-state index contributed by atoms with van der Waals surface area (Å²) in [6, 6.07) is 5.17. The topological polar surface area (TPSA) is 54.4 Å². The molecule has 2 amide bonds. The van der Waals surface area contributed by atoms with Gasteiger partial charge >= 0.3 is 12.2 Å². The number of carbonyl (C=O) groups excluding carboxylic acids is 1. The van der Waals surface area contributed by atoms with E-state index in [1.807, 2.05) is 0 Å². The van der Waals surface area contributed by atoms with Crippen molar-refractivity contribution in [3.8, 4) is 0 Å². The summed E-state index contributed by atoms with van der Waals surface area (Å²) >= 11 is 0. The number of alkyl halides is 3. The number of carbonyl (C=O) groups is 1. The highest BCUT2D eigenvalue weighted by atomic mass is 19.4. The molecule has 2 heterocycles. The molecule has 9 heteroatoms. The quantitative estimate of drug-likeness (QED) is 0.455. The Bertz CT molecular complexity index is 906. The minimum absolute atomic E-state index is 0.0850. The first kappa shape index (κ1) is 24.6. The fraction of sp³-hybridized carbons (Fsp3) is 0.600. The van der Waals surface area contributed by atoms with Crippen LogP contribution in [0.4, 0.5) is 18.0 Å². The van der Waals surface area contributed by atoms with Crippen molar-refractivity contribution >= 4 is 11.9 Å². The number of piperidine rings is 1. The molecule has 1 aromatic carbocycles. The molecule has 186 valence electrons. The van der Waals surface area contributed by atoms with Crippen LogP contribution in [-0.2, 0) is 15.7 Å². The third kappa shape index (κ3) is 5.56. The van der Waals surface area contributed by atoms with Crippen LogP contribution in [0.25, 0.3) is 0 Å². The number of hydrogen-bond donors (Lipinski definition) is 0. The fourth-order valence-corrected chi connectivity index (χ4v) is 4.85. The Labute approximate surface area is 198 Å². The number of benzene rings is 1. The van der Waals surface area contributed by atoms with E-state index in [-0.39, 0.29) is 17.9 Å². The number of rotatable bonds is 4. The number of aliphatic imine (C=N–C) groups is 1. The summed E-state index contributed by atoms with van der Waals surface area (Å²) in [5.74, 6) is 0.593. The van der Waals surface area contributed by atoms with Crippen molar-refractivity contribution in [2.75, 3.05) is 46.5 Å². The summed E-state index contributed by atoms with van der Waals surface area (Å²) in [6.07, 6.45) is -0.449. The first-order valence-corrected chi connectivity index (χ1v) is 11.9. The highest BCUT2D eigenvalue weighted by molar-refractivity contribution is 5.82. The van der Waals surface area contributed by atoms with E-state index in [2.05, 4.69) is 6.58 Å². The first-order valence-electron chi connectivity index (χ1n) is 11.9. The predicted molar refractivity (Wildman–Crippen MR) is 123 cm³/mol. The van der Waals surface area contributed by atoms with Crippen molar-refractivity contribution in [1.29, 1.82) is 0 Å². The highest BCUT2D eigenvalue weighted by Crippen LogP contribution is 2.36. The summed E-state index contributed by atoms with van der Waals surface area (Å²) in [5.41, 5.74) is 0.886. The third-order valence-corrected chi connectivity index (χ3v) is 7.10. The number of urea groups is 1. The Morgan fingerprint density at radius 3 is 2.32 bits per heavy atom. The Morgan fingerprint density at radius 2 is 1.76 bits per heavy atom. The Kier molecular flexibility index (Phi) is 7.50. The van der Waals surface area contributed by atoms with Gasteiger partial charge in [0.15, 0.2) is 5.90 Å². The van der Waals surface area contributed by atoms with E-state index in [9.17, 15) is 18.0 Å². The predicted octanol–water partition coefficient (Wildman–Crippen LogP) is 4.92. The van der Waals surface area contributed by atoms with E-state index >= 15 is 0 Å². The molecule has 0 spiro atoms. The average molecular weight is 480 g/mol. The van der Waals surface area contributed by atoms with Crippen LogP contribution in [0.15, 0.2) is 41.5 Å². The zero-order chi connectivity index (χ0) is 24.3. The molecular formula is C25H32F3N3O3. The van der Waals surface area contributed by atoms with Gasteiger partial charge in [-0.3, -0.25) is 0 Å². The number of likely N-dealkylation sites (tertiary alicyclic amines) is 1. The van der Waals surface area contributed by atoms with Gasteiger partial charge in [0.1, 0.15) is 0 Å². The Morgan fingerprint density at radius 1 is 1.09 bits per heavy atom. The van der Waals surface area contributed by atoms with Crippen LogP contribution < -0.4 is 0 Å². The number of allylic oxidation sites excluding steroid dienone is 1. The van der Waals surface area contributed by atoms with Crippen LogP contribution >= 0.6 is 0 Å². The van der Waals surface area contributed by atoms with Gasteiger partial charge in [0.05, 0.1) is 31.8 Å². The van der Waals surface area contributed by atoms with Crippen molar-refractivity contribution in [3.05, 3.63) is 47.7 Å². The SMILES string of the molecule is C=C(N=C(OC)C1CC(c2ccc(C(F)(F)F)cc2)CN(C(=O)N2CCOCC2)C1)C1CCC1. The third-order valence-electron chi connectivity index (χ3n) is 7.10. The maximum Gasteiger partial charge on any atom is 0.416 e. The van der Waals surface area contributed by atoms with E-state index in [0.29, 0.717) is 57.6 Å². The maximum absolute atomic E-state index is 13.3. The van der Waals surface area contributed by atoms with Gasteiger partial charge in [-0.2, -0.15) is 13.2 Å². The van der Waals surface area contributed by atoms with E-state index in [1.54, 1.807) is 16.9 Å². The lowest BCUT2D eigenvalue weighted by Crippen LogP contribution is -2.53. The van der Waals surface area contributed by atoms with Gasteiger partial charge in [-0.05, 0) is 37.0 Å². The van der Waals surface area contributed by atoms with Crippen molar-refractivity contribution in [1.82, 2.24) is 9.80 Å². The van der Waals surface area contributed by atoms with E-state index < -0.39 is 11.7 Å². The second kappa shape index (κ2) is 10.4. The molecular weight excluding hydrogens is 447 g/mol. The monoisotopic (exact) mass is 479 g/mol. The van der Waals surface area contributed by atoms with Gasteiger partial charge in [-0.25, -0.2) is 9.79 Å². The lowest BCUT2D eigenvalue weighted by molar-refractivity contribution is -0.137. The molecule has 3 aliphatic rings. The van der Waals surface area contributed by atoms with Gasteiger partial charge in [-0.15, -0.1) is 0 Å². The number of hydrogen-bond acceptors (Lipinski definition) is 4. The number of nitrogens with zero attached hydrogens (tertiary/aromatic N) is 3. The van der Waals surface area contributed by atoms with Crippen molar-refractivity contribution in [2.45, 2.75) is 37.8 Å². The molecule has 2 unspecified atom stereocenters. The Balaban J connectivity index is 1.58. The van der Waals surface area contributed by atoms with Crippen LogP contribution in [0.1, 0.15) is 42.7 Å². The standard InChI is InChI=1S/C25H32F3N3O3/c1-17(18-4-3-5-18)29-23(33-2)21-14-20(19-6-8-22(9-7-19)25(26,27)28)15-31(16-21)24(32)30-10-12-34-13-11-30/h6-9,18,20-21H,1,3-5,10-16H2,2H3. The maximum atomic E-state index is 13.3. The lowest BCUT2D eigenvalue weighted by Gasteiger charge is -2.41. The molecule has 4 rings (SSSR count). The van der Waals surface area contributed by atoms with Crippen molar-refractivity contribution in [3.63, 3.8) is 0 Å². The Hall–Kier alpha value is -2.55. The second-order valence-corrected chi connectivity index (χ2v) is 9.31. The molecule has 1 aromatic rings. The highest BCUT2D eigenvalue weighted by Gasteiger charge is 2.37. The minimum Gasteiger partial charge on any atom is -0.484 e. The van der Waals surface area contributed by atoms with E-state index in [1.165, 1.54) is 18.6 Å². The smallest absolute Gasteiger partial charge is 0.416 e. The van der Waals surface area contributed by atoms with Gasteiger partial charge < -0.3 is 19.3 Å². The molecule has 3 fully saturated rings. The molecule has 6 nitrogen and oxygen atoms in total. The summed E-state index contributed by atoms with van der Waals surface area (Å²) in [5, 5.41) is 0. The van der Waals surface area contributed by atoms with Crippen LogP contribution in [0.2, 0.25) is 0 Å². The van der Waals surface area contributed by atoms with Crippen LogP contribution in [0.3, 0.4) is 0 Å². The molecule has 1 aliphatic carbocycles. The van der Waals surface area contributed by atoms with Gasteiger partial charge in [-0.1, -0.05) is 25.1 Å². The van der Waals surface area contributed by atoms with E-state index in [4.69, 9.17) is 14.5 Å². The number of methoxy groups -OCH3 is 1. The largest absolute Gasteiger partial charge is 0.484 e. The zero-order valence-corrected chi connectivity index (χ0v) is 19.5. The number of amides is 2. The molecule has 0 radical (unpaired) electrons. The first-order chi connectivity index (χ1) is 16.3. The van der Waals surface area contributed by atoms with E-state index in [0.717, 1.165) is 36.2 Å². The van der Waals surface area contributed by atoms with Crippen molar-refractivity contribution < 1.29 is 27.4 Å².